The van der Waals surface area contributed by atoms with Crippen LogP contribution in [0.25, 0.3) is 6.08 Å². The third-order valence-corrected chi connectivity index (χ3v) is 5.66. The molecule has 0 spiro atoms. The molecule has 1 aliphatic heterocycles. The van der Waals surface area contributed by atoms with Crippen LogP contribution >= 0.6 is 24.0 Å². The molecule has 1 N–H and O–H groups in total. The Hall–Kier alpha value is -2.98. The molecule has 3 rings (SSSR count). The van der Waals surface area contributed by atoms with E-state index in [1.807, 2.05) is 10.8 Å². The molecule has 10 heteroatoms. The number of nitrogens with zero attached hydrogens (tertiary/aromatic N) is 3. The normalized spacial score (nSPS) is 15.0. The maximum atomic E-state index is 12.6. The van der Waals surface area contributed by atoms with Gasteiger partial charge in [0, 0.05) is 25.5 Å². The average Bonchev–Trinajstić information content (AvgIpc) is 3.35. The molecule has 30 heavy (non-hydrogen) atoms. The topological polar surface area (TPSA) is 93.5 Å². The first-order valence-electron chi connectivity index (χ1n) is 9.14. The summed E-state index contributed by atoms with van der Waals surface area (Å²) in [5.74, 6) is -1.000. The number of imidazole rings is 1. The summed E-state index contributed by atoms with van der Waals surface area (Å²) in [7, 11) is 1.32. The highest BCUT2D eigenvalue weighted by Gasteiger charge is 2.33. The fraction of sp³-hybridized carbons (Fsp3) is 0.250. The summed E-state index contributed by atoms with van der Waals surface area (Å²) in [4.78, 5) is 42.0. The van der Waals surface area contributed by atoms with Gasteiger partial charge in [0.25, 0.3) is 5.91 Å². The first kappa shape index (κ1) is 21.7. The predicted molar refractivity (Wildman–Crippen MR) is 118 cm³/mol. The monoisotopic (exact) mass is 444 g/mol. The fourth-order valence-corrected chi connectivity index (χ4v) is 3.98. The lowest BCUT2D eigenvalue weighted by atomic mass is 10.1. The van der Waals surface area contributed by atoms with Gasteiger partial charge in [0.2, 0.25) is 5.91 Å². The number of carbonyl (C=O) groups excluding carboxylic acids is 3. The van der Waals surface area contributed by atoms with Crippen molar-refractivity contribution in [3.05, 3.63) is 59.0 Å². The van der Waals surface area contributed by atoms with E-state index in [0.717, 1.165) is 30.3 Å². The van der Waals surface area contributed by atoms with Crippen molar-refractivity contribution in [3.8, 4) is 0 Å². The minimum atomic E-state index is -0.427. The Morgan fingerprint density at radius 1 is 1.30 bits per heavy atom. The van der Waals surface area contributed by atoms with E-state index in [-0.39, 0.29) is 18.4 Å². The molecule has 0 aliphatic carbocycles. The molecule has 0 saturated carbocycles. The maximum absolute atomic E-state index is 12.6. The lowest BCUT2D eigenvalue weighted by molar-refractivity contribution is -0.128. The van der Waals surface area contributed by atoms with Crippen molar-refractivity contribution in [1.82, 2.24) is 19.8 Å². The van der Waals surface area contributed by atoms with E-state index in [0.29, 0.717) is 21.3 Å². The number of benzene rings is 1. The van der Waals surface area contributed by atoms with Gasteiger partial charge in [-0.1, -0.05) is 36.1 Å². The smallest absolute Gasteiger partial charge is 0.337 e. The number of hydrogen-bond donors (Lipinski definition) is 1. The SMILES string of the molecule is COC(=O)c1ccc(/C=C2\SC(=S)N(CC(=O)NCCCn3ccnc3)C2=O)cc1. The van der Waals surface area contributed by atoms with Crippen LogP contribution in [0.4, 0.5) is 0 Å². The molecule has 1 aromatic carbocycles. The number of rotatable bonds is 8. The van der Waals surface area contributed by atoms with Gasteiger partial charge < -0.3 is 14.6 Å². The fourth-order valence-electron chi connectivity index (χ4n) is 2.73. The highest BCUT2D eigenvalue weighted by Crippen LogP contribution is 2.32. The van der Waals surface area contributed by atoms with E-state index >= 15 is 0 Å². The summed E-state index contributed by atoms with van der Waals surface area (Å²) in [6, 6.07) is 6.67. The average molecular weight is 445 g/mol. The van der Waals surface area contributed by atoms with Crippen molar-refractivity contribution >= 4 is 52.2 Å². The molecule has 0 unspecified atom stereocenters. The number of ether oxygens (including phenoxy) is 1. The molecule has 1 fully saturated rings. The van der Waals surface area contributed by atoms with Gasteiger partial charge in [-0.2, -0.15) is 0 Å². The summed E-state index contributed by atoms with van der Waals surface area (Å²) in [6.45, 7) is 1.13. The first-order valence-corrected chi connectivity index (χ1v) is 10.4. The number of aryl methyl sites for hydroxylation is 1. The highest BCUT2D eigenvalue weighted by molar-refractivity contribution is 8.26. The third-order valence-electron chi connectivity index (χ3n) is 4.28. The number of thioether (sulfide) groups is 1. The number of aromatic nitrogens is 2. The Labute approximate surface area is 183 Å². The maximum Gasteiger partial charge on any atom is 0.337 e. The number of carbonyl (C=O) groups is 3. The van der Waals surface area contributed by atoms with Crippen molar-refractivity contribution < 1.29 is 19.1 Å². The van der Waals surface area contributed by atoms with E-state index in [1.54, 1.807) is 42.9 Å². The number of methoxy groups -OCH3 is 1. The minimum absolute atomic E-state index is 0.117. The number of amides is 2. The summed E-state index contributed by atoms with van der Waals surface area (Å²) in [6.07, 6.45) is 7.72. The second kappa shape index (κ2) is 10.2. The number of nitrogens with one attached hydrogen (secondary N) is 1. The lowest BCUT2D eigenvalue weighted by Gasteiger charge is -2.14. The van der Waals surface area contributed by atoms with E-state index < -0.39 is 5.97 Å². The van der Waals surface area contributed by atoms with E-state index in [2.05, 4.69) is 15.0 Å². The van der Waals surface area contributed by atoms with Crippen LogP contribution in [0.3, 0.4) is 0 Å². The van der Waals surface area contributed by atoms with E-state index in [9.17, 15) is 14.4 Å². The Morgan fingerprint density at radius 2 is 2.07 bits per heavy atom. The van der Waals surface area contributed by atoms with E-state index in [1.165, 1.54) is 12.0 Å². The standard InChI is InChI=1S/C20H20N4O4S2/c1-28-19(27)15-5-3-14(4-6-15)11-16-18(26)24(20(29)30-16)12-17(25)22-7-2-9-23-10-8-21-13-23/h3-6,8,10-11,13H,2,7,9,12H2,1H3,(H,22,25)/b16-11-. The van der Waals surface area contributed by atoms with Gasteiger partial charge in [0.15, 0.2) is 0 Å². The van der Waals surface area contributed by atoms with Gasteiger partial charge in [-0.25, -0.2) is 9.78 Å². The number of thiocarbonyl (C=S) groups is 1. The zero-order chi connectivity index (χ0) is 21.5. The van der Waals surface area contributed by atoms with Crippen molar-refractivity contribution in [2.24, 2.45) is 0 Å². The zero-order valence-electron chi connectivity index (χ0n) is 16.2. The summed E-state index contributed by atoms with van der Waals surface area (Å²) in [5.41, 5.74) is 1.17. The van der Waals surface area contributed by atoms with Crippen LogP contribution in [0.15, 0.2) is 47.9 Å². The Morgan fingerprint density at radius 3 is 2.73 bits per heavy atom. The quantitative estimate of drug-likeness (QED) is 0.288. The van der Waals surface area contributed by atoms with Gasteiger partial charge >= 0.3 is 5.97 Å². The lowest BCUT2D eigenvalue weighted by Crippen LogP contribution is -2.39. The second-order valence-corrected chi connectivity index (χ2v) is 8.06. The van der Waals surface area contributed by atoms with Crippen molar-refractivity contribution in [2.75, 3.05) is 20.2 Å². The third kappa shape index (κ3) is 5.55. The molecule has 156 valence electrons. The second-order valence-electron chi connectivity index (χ2n) is 6.39. The molecule has 2 aromatic rings. The number of esters is 1. The summed E-state index contributed by atoms with van der Waals surface area (Å²) < 4.78 is 6.93. The molecular formula is C20H20N4O4S2. The van der Waals surface area contributed by atoms with Crippen LogP contribution in [-0.4, -0.2) is 56.8 Å². The van der Waals surface area contributed by atoms with Gasteiger partial charge in [-0.15, -0.1) is 0 Å². The molecule has 0 atom stereocenters. The van der Waals surface area contributed by atoms with Crippen LogP contribution in [-0.2, 0) is 20.9 Å². The van der Waals surface area contributed by atoms with Crippen molar-refractivity contribution in [2.45, 2.75) is 13.0 Å². The molecule has 2 amide bonds. The van der Waals surface area contributed by atoms with Gasteiger partial charge in [-0.3, -0.25) is 14.5 Å². The summed E-state index contributed by atoms with van der Waals surface area (Å²) in [5, 5.41) is 2.80. The minimum Gasteiger partial charge on any atom is -0.465 e. The van der Waals surface area contributed by atoms with Crippen LogP contribution in [0, 0.1) is 0 Å². The van der Waals surface area contributed by atoms with Crippen LogP contribution < -0.4 is 5.32 Å². The Bertz CT molecular complexity index is 971. The molecule has 2 heterocycles. The Balaban J connectivity index is 1.52. The molecule has 1 aromatic heterocycles. The predicted octanol–water partition coefficient (Wildman–Crippen LogP) is 2.08. The number of hydrogen-bond acceptors (Lipinski definition) is 7. The molecule has 8 nitrogen and oxygen atoms in total. The van der Waals surface area contributed by atoms with Crippen LogP contribution in [0.5, 0.6) is 0 Å². The molecule has 1 aliphatic rings. The van der Waals surface area contributed by atoms with Crippen molar-refractivity contribution in [3.63, 3.8) is 0 Å². The molecule has 1 saturated heterocycles. The molecular weight excluding hydrogens is 424 g/mol. The highest BCUT2D eigenvalue weighted by atomic mass is 32.2. The first-order chi connectivity index (χ1) is 14.5. The van der Waals surface area contributed by atoms with Gasteiger partial charge in [-0.05, 0) is 30.2 Å². The summed E-state index contributed by atoms with van der Waals surface area (Å²) >= 11 is 6.41. The molecule has 0 radical (unpaired) electrons. The Kier molecular flexibility index (Phi) is 7.36. The molecule has 0 bridgehead atoms. The van der Waals surface area contributed by atoms with Crippen molar-refractivity contribution in [1.29, 1.82) is 0 Å². The van der Waals surface area contributed by atoms with E-state index in [4.69, 9.17) is 12.2 Å². The van der Waals surface area contributed by atoms with Gasteiger partial charge in [0.05, 0.1) is 23.9 Å². The van der Waals surface area contributed by atoms with Crippen LogP contribution in [0.2, 0.25) is 0 Å². The van der Waals surface area contributed by atoms with Gasteiger partial charge in [0.1, 0.15) is 10.9 Å². The largest absolute Gasteiger partial charge is 0.465 e. The zero-order valence-corrected chi connectivity index (χ0v) is 17.9. The van der Waals surface area contributed by atoms with Crippen LogP contribution in [0.1, 0.15) is 22.3 Å².